The van der Waals surface area contributed by atoms with Gasteiger partial charge in [-0.3, -0.25) is 9.59 Å². The molecule has 0 bridgehead atoms. The fourth-order valence-corrected chi connectivity index (χ4v) is 10.9. The van der Waals surface area contributed by atoms with Gasteiger partial charge >= 0.3 is 11.9 Å². The number of hydrogen-bond donors (Lipinski definition) is 1. The van der Waals surface area contributed by atoms with Crippen molar-refractivity contribution in [1.29, 1.82) is 0 Å². The lowest BCUT2D eigenvalue weighted by Crippen LogP contribution is -2.28. The van der Waals surface area contributed by atoms with Crippen LogP contribution in [0.5, 0.6) is 0 Å². The molecule has 0 saturated carbocycles. The molecule has 1 atom stereocenters. The van der Waals surface area contributed by atoms with Gasteiger partial charge in [0.2, 0.25) is 0 Å². The topological polar surface area (TPSA) is 72.8 Å². The molecule has 5 heteroatoms. The van der Waals surface area contributed by atoms with Crippen molar-refractivity contribution in [2.45, 2.75) is 380 Å². The second kappa shape index (κ2) is 74.1. The molecule has 0 spiro atoms. The van der Waals surface area contributed by atoms with Gasteiger partial charge in [0.15, 0.2) is 6.10 Å². The van der Waals surface area contributed by atoms with Crippen molar-refractivity contribution in [3.63, 3.8) is 0 Å². The van der Waals surface area contributed by atoms with Crippen LogP contribution in [0.4, 0.5) is 0 Å². The number of carbonyl (C=O) groups is 2. The minimum absolute atomic E-state index is 0.0717. The average molecular weight is 1170 g/mol. The van der Waals surface area contributed by atoms with E-state index < -0.39 is 6.10 Å². The maximum atomic E-state index is 12.4. The van der Waals surface area contributed by atoms with E-state index in [0.717, 1.165) is 89.9 Å². The number of hydrogen-bond acceptors (Lipinski definition) is 5. The van der Waals surface area contributed by atoms with Crippen LogP contribution < -0.4 is 0 Å². The quantitative estimate of drug-likeness (QED) is 0.0373. The van der Waals surface area contributed by atoms with Gasteiger partial charge in [-0.25, -0.2) is 0 Å². The van der Waals surface area contributed by atoms with E-state index in [1.165, 1.54) is 257 Å². The molecule has 1 N–H and O–H groups in total. The third-order valence-electron chi connectivity index (χ3n) is 16.4. The van der Waals surface area contributed by atoms with E-state index in [-0.39, 0.29) is 25.2 Å². The maximum Gasteiger partial charge on any atom is 0.306 e. The third kappa shape index (κ3) is 71.3. The van der Waals surface area contributed by atoms with Crippen LogP contribution >= 0.6 is 0 Å². The summed E-state index contributed by atoms with van der Waals surface area (Å²) < 4.78 is 10.8. The molecule has 0 aromatic heterocycles. The highest BCUT2D eigenvalue weighted by Crippen LogP contribution is 2.18. The molecule has 0 amide bonds. The zero-order chi connectivity index (χ0) is 60.5. The van der Waals surface area contributed by atoms with E-state index in [4.69, 9.17) is 9.47 Å². The Balaban J connectivity index is 3.43. The summed E-state index contributed by atoms with van der Waals surface area (Å²) in [5.41, 5.74) is 0. The first-order chi connectivity index (χ1) is 41.6. The number of ether oxygens (including phenoxy) is 2. The van der Waals surface area contributed by atoms with Gasteiger partial charge < -0.3 is 14.6 Å². The summed E-state index contributed by atoms with van der Waals surface area (Å²) >= 11 is 0. The molecule has 0 heterocycles. The van der Waals surface area contributed by atoms with Crippen LogP contribution in [0.2, 0.25) is 0 Å². The number of rotatable bonds is 68. The van der Waals surface area contributed by atoms with Gasteiger partial charge in [0.05, 0.1) is 6.61 Å². The third-order valence-corrected chi connectivity index (χ3v) is 16.4. The molecule has 0 aromatic rings. The zero-order valence-corrected chi connectivity index (χ0v) is 55.9. The summed E-state index contributed by atoms with van der Waals surface area (Å²) in [6.45, 7) is 4.05. The van der Waals surface area contributed by atoms with Crippen LogP contribution in [0.1, 0.15) is 373 Å². The van der Waals surface area contributed by atoms with Gasteiger partial charge in [-0.1, -0.05) is 361 Å². The van der Waals surface area contributed by atoms with Crippen LogP contribution in [-0.4, -0.2) is 36.4 Å². The normalized spacial score (nSPS) is 12.8. The van der Waals surface area contributed by atoms with Gasteiger partial charge in [-0.15, -0.1) is 0 Å². The molecule has 0 aliphatic rings. The van der Waals surface area contributed by atoms with E-state index in [2.05, 4.69) is 111 Å². The van der Waals surface area contributed by atoms with Gasteiger partial charge in [-0.2, -0.15) is 0 Å². The van der Waals surface area contributed by atoms with Crippen LogP contribution in [0.3, 0.4) is 0 Å². The molecule has 0 aromatic carbocycles. The molecule has 1 unspecified atom stereocenters. The second-order valence-corrected chi connectivity index (χ2v) is 24.6. The largest absolute Gasteiger partial charge is 0.462 e. The molecular formula is C79H140O5. The molecule has 0 aliphatic carbocycles. The van der Waals surface area contributed by atoms with Crippen molar-refractivity contribution < 1.29 is 24.2 Å². The molecule has 0 radical (unpaired) electrons. The summed E-state index contributed by atoms with van der Waals surface area (Å²) in [6.07, 6.45) is 106. The SMILES string of the molecule is CC/C=C\C/C=C\C/C=C\C/C=C\C/C=C\C/C=C\C/C=C\CCCCCCCCCC(=O)OC(CO)COC(=O)CCCCCCCCCCCCCCCCCCCCCCCCCCCCCCC/C=C\CCCCCCCCCC. The van der Waals surface area contributed by atoms with Gasteiger partial charge in [0.1, 0.15) is 6.61 Å². The lowest BCUT2D eigenvalue weighted by atomic mass is 10.0. The highest BCUT2D eigenvalue weighted by atomic mass is 16.6. The lowest BCUT2D eigenvalue weighted by molar-refractivity contribution is -0.161. The van der Waals surface area contributed by atoms with Crippen molar-refractivity contribution in [1.82, 2.24) is 0 Å². The Morgan fingerprint density at radius 1 is 0.286 bits per heavy atom. The lowest BCUT2D eigenvalue weighted by Gasteiger charge is -2.15. The molecule has 0 saturated heterocycles. The summed E-state index contributed by atoms with van der Waals surface area (Å²) in [7, 11) is 0. The first kappa shape index (κ1) is 80.8. The number of aliphatic hydroxyl groups excluding tert-OH is 1. The Bertz CT molecular complexity index is 1560. The molecule has 486 valence electrons. The van der Waals surface area contributed by atoms with Gasteiger partial charge in [0.25, 0.3) is 0 Å². The number of aliphatic hydroxyl groups is 1. The Labute approximate surface area is 523 Å². The molecule has 84 heavy (non-hydrogen) atoms. The maximum absolute atomic E-state index is 12.4. The van der Waals surface area contributed by atoms with Crippen molar-refractivity contribution in [3.05, 3.63) is 97.2 Å². The van der Waals surface area contributed by atoms with Crippen molar-refractivity contribution in [2.75, 3.05) is 13.2 Å². The van der Waals surface area contributed by atoms with Crippen molar-refractivity contribution in [3.8, 4) is 0 Å². The smallest absolute Gasteiger partial charge is 0.306 e. The van der Waals surface area contributed by atoms with Crippen LogP contribution in [0, 0.1) is 0 Å². The summed E-state index contributed by atoms with van der Waals surface area (Å²) in [5.74, 6) is -0.593. The van der Waals surface area contributed by atoms with E-state index in [1.807, 2.05) is 0 Å². The Hall–Kier alpha value is -3.18. The predicted octanol–water partition coefficient (Wildman–Crippen LogP) is 25.8. The molecule has 0 rings (SSSR count). The van der Waals surface area contributed by atoms with Crippen LogP contribution in [-0.2, 0) is 19.1 Å². The number of allylic oxidation sites excluding steroid dienone is 16. The number of carbonyl (C=O) groups excluding carboxylic acids is 2. The first-order valence-corrected chi connectivity index (χ1v) is 36.8. The van der Waals surface area contributed by atoms with Crippen molar-refractivity contribution >= 4 is 11.9 Å². The molecule has 5 nitrogen and oxygen atoms in total. The van der Waals surface area contributed by atoms with Gasteiger partial charge in [-0.05, 0) is 96.3 Å². The molecule has 0 fully saturated rings. The van der Waals surface area contributed by atoms with E-state index in [1.54, 1.807) is 0 Å². The minimum Gasteiger partial charge on any atom is -0.462 e. The fraction of sp³-hybridized carbons (Fsp3) is 0.772. The summed E-state index contributed by atoms with van der Waals surface area (Å²) in [4.78, 5) is 24.7. The summed E-state index contributed by atoms with van der Waals surface area (Å²) in [5, 5.41) is 9.70. The average Bonchev–Trinajstić information content (AvgIpc) is 3.51. The summed E-state index contributed by atoms with van der Waals surface area (Å²) in [6, 6.07) is 0. The van der Waals surface area contributed by atoms with E-state index in [9.17, 15) is 14.7 Å². The zero-order valence-electron chi connectivity index (χ0n) is 55.9. The Kier molecular flexibility index (Phi) is 71.3. The number of esters is 2. The molecule has 0 aliphatic heterocycles. The highest BCUT2D eigenvalue weighted by molar-refractivity contribution is 5.70. The van der Waals surface area contributed by atoms with Crippen LogP contribution in [0.15, 0.2) is 97.2 Å². The number of unbranched alkanes of at least 4 members (excludes halogenated alkanes) is 44. The highest BCUT2D eigenvalue weighted by Gasteiger charge is 2.16. The Morgan fingerprint density at radius 2 is 0.512 bits per heavy atom. The first-order valence-electron chi connectivity index (χ1n) is 36.8. The van der Waals surface area contributed by atoms with Crippen LogP contribution in [0.25, 0.3) is 0 Å². The standard InChI is InChI=1S/C79H140O5/c1-3-5-7-9-11-13-15-17-19-21-23-25-27-29-31-33-34-35-36-37-38-39-40-41-42-43-44-46-47-49-51-53-55-57-59-61-63-65-67-69-71-73-78(81)83-76-77(75-80)84-79(82)74-72-70-68-66-64-62-60-58-56-54-52-50-48-45-32-30-28-26-24-22-20-18-16-14-12-10-8-6-4-2/h6,8,12,14,18,20-21,23-24,26,30,32,48,50,54,56,77,80H,3-5,7,9-11,13,15-17,19,22,25,27-29,31,33-47,49,51-53,55,57-76H2,1-2H3/b8-6-,14-12-,20-18-,23-21-,26-24-,32-30-,50-48-,56-54-. The van der Waals surface area contributed by atoms with E-state index >= 15 is 0 Å². The second-order valence-electron chi connectivity index (χ2n) is 24.6. The predicted molar refractivity (Wildman–Crippen MR) is 371 cm³/mol. The van der Waals surface area contributed by atoms with Crippen molar-refractivity contribution in [2.24, 2.45) is 0 Å². The molecular weight excluding hydrogens is 1030 g/mol. The fourth-order valence-electron chi connectivity index (χ4n) is 10.9. The minimum atomic E-state index is -0.784. The van der Waals surface area contributed by atoms with E-state index in [0.29, 0.717) is 12.8 Å². The van der Waals surface area contributed by atoms with Gasteiger partial charge in [0, 0.05) is 12.8 Å². The monoisotopic (exact) mass is 1170 g/mol. The Morgan fingerprint density at radius 3 is 0.786 bits per heavy atom.